The normalized spacial score (nSPS) is 14.4. The van der Waals surface area contributed by atoms with E-state index in [1.807, 2.05) is 13.8 Å². The average molecular weight is 220 g/mol. The van der Waals surface area contributed by atoms with Crippen molar-refractivity contribution in [1.29, 1.82) is 0 Å². The molecule has 0 aromatic carbocycles. The van der Waals surface area contributed by atoms with Crippen LogP contribution >= 0.6 is 11.6 Å². The fourth-order valence-corrected chi connectivity index (χ4v) is 1.60. The Labute approximate surface area is 94.4 Å². The molecule has 0 bridgehead atoms. The van der Waals surface area contributed by atoms with Crippen LogP contribution in [0.25, 0.3) is 0 Å². The van der Waals surface area contributed by atoms with E-state index in [2.05, 4.69) is 6.92 Å². The highest BCUT2D eigenvalue weighted by Crippen LogP contribution is 2.20. The van der Waals surface area contributed by atoms with Crippen LogP contribution in [0.2, 0.25) is 0 Å². The van der Waals surface area contributed by atoms with Gasteiger partial charge in [-0.2, -0.15) is 0 Å². The Morgan fingerprint density at radius 2 is 1.57 bits per heavy atom. The maximum atomic E-state index is 6.12. The zero-order valence-electron chi connectivity index (χ0n) is 9.98. The molecule has 14 heavy (non-hydrogen) atoms. The summed E-state index contributed by atoms with van der Waals surface area (Å²) >= 11 is 6.12. The highest BCUT2D eigenvalue weighted by molar-refractivity contribution is 6.23. The van der Waals surface area contributed by atoms with Crippen LogP contribution < -0.4 is 5.73 Å². The van der Waals surface area contributed by atoms with Crippen LogP contribution in [-0.2, 0) is 0 Å². The molecule has 0 saturated heterocycles. The Balaban J connectivity index is 3.28. The number of nitrogens with two attached hydrogens (primary N) is 1. The fourth-order valence-electron chi connectivity index (χ4n) is 1.49. The lowest BCUT2D eigenvalue weighted by Crippen LogP contribution is -2.38. The zero-order valence-corrected chi connectivity index (χ0v) is 10.7. The summed E-state index contributed by atoms with van der Waals surface area (Å²) in [6.45, 7) is 6.23. The number of halogens is 1. The lowest BCUT2D eigenvalue weighted by Gasteiger charge is -2.24. The minimum Gasteiger partial charge on any atom is -0.326 e. The van der Waals surface area contributed by atoms with Crippen LogP contribution in [0.5, 0.6) is 0 Å². The molecule has 0 fully saturated rings. The SMILES string of the molecule is CCCCCCCCC(N)C(C)(C)Cl. The van der Waals surface area contributed by atoms with Gasteiger partial charge in [-0.15, -0.1) is 11.6 Å². The Kier molecular flexibility index (Phi) is 7.66. The van der Waals surface area contributed by atoms with Gasteiger partial charge in [-0.25, -0.2) is 0 Å². The molecule has 86 valence electrons. The third-order valence-corrected chi connectivity index (χ3v) is 3.03. The summed E-state index contributed by atoms with van der Waals surface area (Å²) in [6.07, 6.45) is 8.99. The Hall–Kier alpha value is 0.250. The second-order valence-corrected chi connectivity index (χ2v) is 5.70. The van der Waals surface area contributed by atoms with Crippen LogP contribution in [0.4, 0.5) is 0 Å². The van der Waals surface area contributed by atoms with Crippen molar-refractivity contribution in [2.24, 2.45) is 5.73 Å². The van der Waals surface area contributed by atoms with Crippen molar-refractivity contribution in [1.82, 2.24) is 0 Å². The number of rotatable bonds is 8. The Bertz CT molecular complexity index is 129. The second kappa shape index (κ2) is 7.53. The molecular formula is C12H26ClN. The van der Waals surface area contributed by atoms with Crippen LogP contribution in [0.1, 0.15) is 65.7 Å². The molecule has 0 aliphatic carbocycles. The van der Waals surface area contributed by atoms with Gasteiger partial charge in [0.25, 0.3) is 0 Å². The first kappa shape index (κ1) is 14.2. The maximum Gasteiger partial charge on any atom is 0.0541 e. The summed E-state index contributed by atoms with van der Waals surface area (Å²) < 4.78 is 0. The van der Waals surface area contributed by atoms with Gasteiger partial charge >= 0.3 is 0 Å². The van der Waals surface area contributed by atoms with E-state index in [-0.39, 0.29) is 10.9 Å². The van der Waals surface area contributed by atoms with E-state index in [4.69, 9.17) is 17.3 Å². The Morgan fingerprint density at radius 3 is 2.07 bits per heavy atom. The molecule has 0 aromatic heterocycles. The molecule has 0 spiro atoms. The van der Waals surface area contributed by atoms with Gasteiger partial charge in [0.15, 0.2) is 0 Å². The van der Waals surface area contributed by atoms with Gasteiger partial charge in [0.1, 0.15) is 0 Å². The van der Waals surface area contributed by atoms with E-state index in [1.54, 1.807) is 0 Å². The number of hydrogen-bond acceptors (Lipinski definition) is 1. The summed E-state index contributed by atoms with van der Waals surface area (Å²) in [5, 5.41) is 0. The minimum atomic E-state index is -0.247. The molecule has 2 N–H and O–H groups in total. The zero-order chi connectivity index (χ0) is 11.0. The molecule has 1 unspecified atom stereocenters. The third kappa shape index (κ3) is 7.64. The number of unbranched alkanes of at least 4 members (excludes halogenated alkanes) is 5. The first-order chi connectivity index (χ1) is 6.48. The molecule has 2 heteroatoms. The highest BCUT2D eigenvalue weighted by Gasteiger charge is 2.22. The van der Waals surface area contributed by atoms with Crippen molar-refractivity contribution in [3.8, 4) is 0 Å². The predicted molar refractivity (Wildman–Crippen MR) is 65.9 cm³/mol. The lowest BCUT2D eigenvalue weighted by atomic mass is 9.97. The summed E-state index contributed by atoms with van der Waals surface area (Å²) in [4.78, 5) is -0.247. The summed E-state index contributed by atoms with van der Waals surface area (Å²) in [6, 6.07) is 0.135. The molecule has 1 nitrogen and oxygen atoms in total. The van der Waals surface area contributed by atoms with E-state index in [0.717, 1.165) is 6.42 Å². The molecule has 1 atom stereocenters. The van der Waals surface area contributed by atoms with Gasteiger partial charge in [-0.3, -0.25) is 0 Å². The van der Waals surface area contributed by atoms with Crippen LogP contribution in [0, 0.1) is 0 Å². The predicted octanol–water partition coefficient (Wildman–Crippen LogP) is 4.08. The highest BCUT2D eigenvalue weighted by atomic mass is 35.5. The van der Waals surface area contributed by atoms with Crippen LogP contribution in [0.3, 0.4) is 0 Å². The molecule has 0 amide bonds. The molecule has 0 heterocycles. The first-order valence-electron chi connectivity index (χ1n) is 5.93. The van der Waals surface area contributed by atoms with Gasteiger partial charge in [0.2, 0.25) is 0 Å². The van der Waals surface area contributed by atoms with E-state index in [0.29, 0.717) is 0 Å². The molecule has 0 saturated carbocycles. The maximum absolute atomic E-state index is 6.12. The second-order valence-electron chi connectivity index (χ2n) is 4.73. The van der Waals surface area contributed by atoms with Crippen LogP contribution in [-0.4, -0.2) is 10.9 Å². The average Bonchev–Trinajstić information content (AvgIpc) is 2.09. The fraction of sp³-hybridized carbons (Fsp3) is 1.00. The van der Waals surface area contributed by atoms with Gasteiger partial charge < -0.3 is 5.73 Å². The monoisotopic (exact) mass is 219 g/mol. The smallest absolute Gasteiger partial charge is 0.0541 e. The summed E-state index contributed by atoms with van der Waals surface area (Å²) in [7, 11) is 0. The van der Waals surface area contributed by atoms with Crippen molar-refractivity contribution in [2.45, 2.75) is 76.6 Å². The number of alkyl halides is 1. The van der Waals surface area contributed by atoms with E-state index < -0.39 is 0 Å². The quantitative estimate of drug-likeness (QED) is 0.483. The van der Waals surface area contributed by atoms with Gasteiger partial charge in [0.05, 0.1) is 4.87 Å². The molecule has 0 radical (unpaired) electrons. The summed E-state index contributed by atoms with van der Waals surface area (Å²) in [5.74, 6) is 0. The van der Waals surface area contributed by atoms with Crippen molar-refractivity contribution < 1.29 is 0 Å². The van der Waals surface area contributed by atoms with Crippen molar-refractivity contribution in [3.63, 3.8) is 0 Å². The van der Waals surface area contributed by atoms with Crippen molar-refractivity contribution in [3.05, 3.63) is 0 Å². The topological polar surface area (TPSA) is 26.0 Å². The summed E-state index contributed by atoms with van der Waals surface area (Å²) in [5.41, 5.74) is 5.96. The van der Waals surface area contributed by atoms with Crippen molar-refractivity contribution >= 4 is 11.6 Å². The van der Waals surface area contributed by atoms with Gasteiger partial charge in [-0.1, -0.05) is 45.4 Å². The molecular weight excluding hydrogens is 194 g/mol. The van der Waals surface area contributed by atoms with Crippen molar-refractivity contribution in [2.75, 3.05) is 0 Å². The van der Waals surface area contributed by atoms with E-state index >= 15 is 0 Å². The van der Waals surface area contributed by atoms with Crippen LogP contribution in [0.15, 0.2) is 0 Å². The molecule has 0 rings (SSSR count). The molecule has 0 aliphatic heterocycles. The number of hydrogen-bond donors (Lipinski definition) is 1. The first-order valence-corrected chi connectivity index (χ1v) is 6.30. The van der Waals surface area contributed by atoms with E-state index in [9.17, 15) is 0 Å². The Morgan fingerprint density at radius 1 is 1.07 bits per heavy atom. The van der Waals surface area contributed by atoms with E-state index in [1.165, 1.54) is 38.5 Å². The lowest BCUT2D eigenvalue weighted by molar-refractivity contribution is 0.463. The van der Waals surface area contributed by atoms with Gasteiger partial charge in [-0.05, 0) is 20.3 Å². The third-order valence-electron chi connectivity index (χ3n) is 2.75. The molecule has 0 aliphatic rings. The largest absolute Gasteiger partial charge is 0.326 e. The van der Waals surface area contributed by atoms with Gasteiger partial charge in [0, 0.05) is 6.04 Å². The molecule has 0 aromatic rings. The minimum absolute atomic E-state index is 0.135. The standard InChI is InChI=1S/C12H26ClN/c1-4-5-6-7-8-9-10-11(14)12(2,3)13/h11H,4-10,14H2,1-3H3.